The summed E-state index contributed by atoms with van der Waals surface area (Å²) in [5.74, 6) is 1.02. The number of para-hydroxylation sites is 1. The van der Waals surface area contributed by atoms with Crippen molar-refractivity contribution in [3.05, 3.63) is 71.7 Å². The maximum absolute atomic E-state index is 12.1. The number of likely N-dealkylation sites (N-methyl/N-ethyl adjacent to an activating group) is 1. The van der Waals surface area contributed by atoms with Crippen molar-refractivity contribution in [2.45, 2.75) is 13.0 Å². The zero-order chi connectivity index (χ0) is 24.4. The predicted molar refractivity (Wildman–Crippen MR) is 132 cm³/mol. The van der Waals surface area contributed by atoms with Gasteiger partial charge in [-0.05, 0) is 48.9 Å². The van der Waals surface area contributed by atoms with Crippen LogP contribution in [-0.2, 0) is 13.0 Å². The maximum Gasteiger partial charge on any atom is 0.254 e. The third kappa shape index (κ3) is 4.64. The molecule has 0 spiro atoms. The topological polar surface area (TPSA) is 131 Å². The number of nitrogens with zero attached hydrogens (tertiary/aromatic N) is 4. The zero-order valence-corrected chi connectivity index (χ0v) is 19.4. The number of aromatic nitrogens is 3. The lowest BCUT2D eigenvalue weighted by Crippen LogP contribution is -2.26. The summed E-state index contributed by atoms with van der Waals surface area (Å²) in [5, 5.41) is 6.43. The molecule has 5 rings (SSSR count). The number of methoxy groups -OCH3 is 1. The van der Waals surface area contributed by atoms with Crippen molar-refractivity contribution < 1.29 is 13.9 Å². The highest BCUT2D eigenvalue weighted by atomic mass is 16.5. The molecule has 0 fully saturated rings. The average Bonchev–Trinajstić information content (AvgIpc) is 3.39. The number of fused-ring (bicyclic) bond motifs is 1. The van der Waals surface area contributed by atoms with Crippen LogP contribution in [0.15, 0.2) is 59.5 Å². The minimum Gasteiger partial charge on any atom is -0.495 e. The highest BCUT2D eigenvalue weighted by molar-refractivity contribution is 5.98. The van der Waals surface area contributed by atoms with E-state index in [1.54, 1.807) is 13.3 Å². The highest BCUT2D eigenvalue weighted by Crippen LogP contribution is 2.34. The fourth-order valence-corrected chi connectivity index (χ4v) is 4.10. The summed E-state index contributed by atoms with van der Waals surface area (Å²) in [6.07, 6.45) is 5.42. The number of nitrogens with two attached hydrogens (primary N) is 1. The van der Waals surface area contributed by atoms with Crippen LogP contribution in [-0.4, -0.2) is 46.5 Å². The van der Waals surface area contributed by atoms with Gasteiger partial charge in [-0.3, -0.25) is 4.79 Å². The number of carbonyl (C=O) groups is 1. The Morgan fingerprint density at radius 2 is 2.00 bits per heavy atom. The minimum atomic E-state index is -0.651. The number of hydrogen-bond acceptors (Lipinski definition) is 9. The Balaban J connectivity index is 1.50. The summed E-state index contributed by atoms with van der Waals surface area (Å²) in [5.41, 5.74) is 10.3. The summed E-state index contributed by atoms with van der Waals surface area (Å²) in [4.78, 5) is 27.5. The van der Waals surface area contributed by atoms with E-state index in [2.05, 4.69) is 43.6 Å². The highest BCUT2D eigenvalue weighted by Gasteiger charge is 2.19. The molecule has 0 aliphatic carbocycles. The Bertz CT molecular complexity index is 1370. The maximum atomic E-state index is 12.1. The van der Waals surface area contributed by atoms with Crippen LogP contribution in [0, 0.1) is 0 Å². The third-order valence-electron chi connectivity index (χ3n) is 5.87. The Hall–Kier alpha value is -4.44. The van der Waals surface area contributed by atoms with Gasteiger partial charge < -0.3 is 30.4 Å². The first-order chi connectivity index (χ1) is 17.0. The van der Waals surface area contributed by atoms with E-state index in [4.69, 9.17) is 14.9 Å². The Morgan fingerprint density at radius 3 is 2.77 bits per heavy atom. The van der Waals surface area contributed by atoms with Gasteiger partial charge in [0.25, 0.3) is 5.91 Å². The van der Waals surface area contributed by atoms with Gasteiger partial charge in [0.15, 0.2) is 0 Å². The largest absolute Gasteiger partial charge is 0.495 e. The van der Waals surface area contributed by atoms with Gasteiger partial charge in [0.1, 0.15) is 23.4 Å². The van der Waals surface area contributed by atoms with Crippen molar-refractivity contribution in [1.29, 1.82) is 0 Å². The van der Waals surface area contributed by atoms with E-state index in [0.29, 0.717) is 22.9 Å². The van der Waals surface area contributed by atoms with Crippen LogP contribution < -0.4 is 21.1 Å². The second-order valence-electron chi connectivity index (χ2n) is 8.26. The monoisotopic (exact) mass is 471 g/mol. The molecule has 4 aromatic rings. The fraction of sp³-hybridized carbons (Fsp3) is 0.200. The summed E-state index contributed by atoms with van der Waals surface area (Å²) < 4.78 is 11.1. The van der Waals surface area contributed by atoms with Crippen LogP contribution in [0.4, 0.5) is 23.1 Å². The standard InChI is InChI=1S/C25H25N7O3/c1-32-9-7-15-12-21(34-2)20(11-16(15)14-32)30-25-28-13-18(22(26)33)23(31-25)29-19-6-4-3-5-17(19)24-27-8-10-35-24/h3-6,8,10-13H,7,9,14H2,1-2H3,(H2,26,33)(H2,28,29,30,31). The molecule has 35 heavy (non-hydrogen) atoms. The van der Waals surface area contributed by atoms with Gasteiger partial charge in [0.05, 0.1) is 30.2 Å². The molecule has 10 heteroatoms. The summed E-state index contributed by atoms with van der Waals surface area (Å²) >= 11 is 0. The van der Waals surface area contributed by atoms with E-state index in [9.17, 15) is 4.79 Å². The van der Waals surface area contributed by atoms with E-state index in [1.807, 2.05) is 30.3 Å². The predicted octanol–water partition coefficient (Wildman–Crippen LogP) is 3.71. The van der Waals surface area contributed by atoms with Gasteiger partial charge in [0.2, 0.25) is 11.8 Å². The molecule has 0 saturated carbocycles. The summed E-state index contributed by atoms with van der Waals surface area (Å²) in [7, 11) is 3.73. The lowest BCUT2D eigenvalue weighted by molar-refractivity contribution is 0.100. The number of anilines is 4. The van der Waals surface area contributed by atoms with Crippen LogP contribution in [0.25, 0.3) is 11.5 Å². The Labute approximate surface area is 202 Å². The molecule has 178 valence electrons. The second kappa shape index (κ2) is 9.43. The molecular formula is C25H25N7O3. The van der Waals surface area contributed by atoms with E-state index < -0.39 is 5.91 Å². The molecule has 10 nitrogen and oxygen atoms in total. The van der Waals surface area contributed by atoms with Gasteiger partial charge in [-0.2, -0.15) is 4.98 Å². The first-order valence-corrected chi connectivity index (χ1v) is 11.1. The van der Waals surface area contributed by atoms with Gasteiger partial charge in [-0.15, -0.1) is 0 Å². The average molecular weight is 472 g/mol. The number of rotatable bonds is 7. The van der Waals surface area contributed by atoms with E-state index in [0.717, 1.165) is 25.2 Å². The molecule has 3 heterocycles. The lowest BCUT2D eigenvalue weighted by Gasteiger charge is -2.26. The van der Waals surface area contributed by atoms with Gasteiger partial charge >= 0.3 is 0 Å². The van der Waals surface area contributed by atoms with Crippen LogP contribution in [0.3, 0.4) is 0 Å². The summed E-state index contributed by atoms with van der Waals surface area (Å²) in [6.45, 7) is 1.85. The first kappa shape index (κ1) is 22.4. The van der Waals surface area contributed by atoms with Crippen molar-refractivity contribution in [3.8, 4) is 17.2 Å². The van der Waals surface area contributed by atoms with Crippen molar-refractivity contribution >= 4 is 29.0 Å². The number of oxazole rings is 1. The fourth-order valence-electron chi connectivity index (χ4n) is 4.10. The lowest BCUT2D eigenvalue weighted by atomic mass is 9.99. The summed E-state index contributed by atoms with van der Waals surface area (Å²) in [6, 6.07) is 11.5. The van der Waals surface area contributed by atoms with Crippen molar-refractivity contribution in [1.82, 2.24) is 19.9 Å². The molecule has 0 bridgehead atoms. The molecule has 1 amide bonds. The quantitative estimate of drug-likeness (QED) is 0.369. The number of amides is 1. The number of nitrogens with one attached hydrogen (secondary N) is 2. The van der Waals surface area contributed by atoms with Gasteiger partial charge in [0, 0.05) is 19.3 Å². The van der Waals surface area contributed by atoms with E-state index >= 15 is 0 Å². The van der Waals surface area contributed by atoms with E-state index in [-0.39, 0.29) is 17.3 Å². The molecule has 2 aromatic heterocycles. The number of carbonyl (C=O) groups excluding carboxylic acids is 1. The van der Waals surface area contributed by atoms with Crippen molar-refractivity contribution in [2.24, 2.45) is 5.73 Å². The Morgan fingerprint density at radius 1 is 1.14 bits per heavy atom. The number of hydrogen-bond donors (Lipinski definition) is 3. The smallest absolute Gasteiger partial charge is 0.254 e. The molecule has 4 N–H and O–H groups in total. The minimum absolute atomic E-state index is 0.150. The number of benzene rings is 2. The molecular weight excluding hydrogens is 446 g/mol. The molecule has 0 unspecified atom stereocenters. The zero-order valence-electron chi connectivity index (χ0n) is 19.4. The van der Waals surface area contributed by atoms with Crippen molar-refractivity contribution in [2.75, 3.05) is 31.3 Å². The SMILES string of the molecule is COc1cc2c(cc1Nc1ncc(C(N)=O)c(Nc3ccccc3-c3ncco3)n1)CN(C)CC2. The van der Waals surface area contributed by atoms with Crippen molar-refractivity contribution in [3.63, 3.8) is 0 Å². The molecule has 1 aliphatic heterocycles. The molecule has 1 aliphatic rings. The molecule has 0 saturated heterocycles. The first-order valence-electron chi connectivity index (χ1n) is 11.1. The number of ether oxygens (including phenoxy) is 1. The van der Waals surface area contributed by atoms with Crippen LogP contribution in [0.2, 0.25) is 0 Å². The van der Waals surface area contributed by atoms with Gasteiger partial charge in [-0.1, -0.05) is 12.1 Å². The molecule has 0 atom stereocenters. The second-order valence-corrected chi connectivity index (χ2v) is 8.26. The van der Waals surface area contributed by atoms with Crippen LogP contribution in [0.5, 0.6) is 5.75 Å². The Kier molecular flexibility index (Phi) is 6.02. The number of primary amides is 1. The normalized spacial score (nSPS) is 13.2. The molecule has 0 radical (unpaired) electrons. The van der Waals surface area contributed by atoms with Crippen LogP contribution in [0.1, 0.15) is 21.5 Å². The van der Waals surface area contributed by atoms with Gasteiger partial charge in [-0.25, -0.2) is 9.97 Å². The van der Waals surface area contributed by atoms with Crippen LogP contribution >= 0.6 is 0 Å². The third-order valence-corrected chi connectivity index (χ3v) is 5.87. The molecule has 2 aromatic carbocycles. The van der Waals surface area contributed by atoms with E-state index in [1.165, 1.54) is 23.6 Å².